The number of pyridine rings is 1. The summed E-state index contributed by atoms with van der Waals surface area (Å²) in [6.45, 7) is -0.494. The number of carboxylic acids is 1. The molecule has 0 aliphatic carbocycles. The van der Waals surface area contributed by atoms with Crippen LogP contribution in [0.1, 0.15) is 0 Å². The van der Waals surface area contributed by atoms with E-state index in [0.717, 1.165) is 5.39 Å². The molecule has 1 aromatic carbocycles. The van der Waals surface area contributed by atoms with Gasteiger partial charge in [-0.3, -0.25) is 4.79 Å². The van der Waals surface area contributed by atoms with E-state index in [9.17, 15) is 9.59 Å². The van der Waals surface area contributed by atoms with Crippen LogP contribution in [-0.2, 0) is 4.79 Å². The topological polar surface area (TPSA) is 88.5 Å². The fraction of sp³-hybridized carbons (Fsp3) is 0.0833. The third kappa shape index (κ3) is 2.94. The molecule has 0 bridgehead atoms. The normalized spacial score (nSPS) is 10.0. The molecular formula is C12H10N2O4. The van der Waals surface area contributed by atoms with Gasteiger partial charge in [0.25, 0.3) is 0 Å². The molecule has 2 rings (SSSR count). The lowest BCUT2D eigenvalue weighted by molar-refractivity contribution is -0.135. The molecule has 0 aliphatic rings. The van der Waals surface area contributed by atoms with Crippen LogP contribution in [0.15, 0.2) is 36.4 Å². The quantitative estimate of drug-likeness (QED) is 0.854. The molecule has 92 valence electrons. The molecule has 1 aromatic heterocycles. The summed E-state index contributed by atoms with van der Waals surface area (Å²) in [7, 11) is 0. The van der Waals surface area contributed by atoms with Crippen molar-refractivity contribution in [3.63, 3.8) is 0 Å². The van der Waals surface area contributed by atoms with E-state index in [2.05, 4.69) is 10.3 Å². The van der Waals surface area contributed by atoms with Gasteiger partial charge in [-0.25, -0.2) is 9.78 Å². The van der Waals surface area contributed by atoms with Gasteiger partial charge in [-0.15, -0.1) is 0 Å². The first kappa shape index (κ1) is 11.8. The van der Waals surface area contributed by atoms with Crippen LogP contribution in [0.4, 0.5) is 4.79 Å². The molecule has 2 aromatic rings. The molecule has 18 heavy (non-hydrogen) atoms. The SMILES string of the molecule is O=C(O)CNC(=O)Oc1ccc2ccccc2n1. The number of carbonyl (C=O) groups is 2. The fourth-order valence-corrected chi connectivity index (χ4v) is 1.38. The number of hydrogen-bond acceptors (Lipinski definition) is 4. The lowest BCUT2D eigenvalue weighted by atomic mass is 10.2. The number of ether oxygens (including phenoxy) is 1. The van der Waals surface area contributed by atoms with Gasteiger partial charge in [0, 0.05) is 11.5 Å². The molecular weight excluding hydrogens is 236 g/mol. The molecule has 0 fully saturated rings. The number of aromatic nitrogens is 1. The highest BCUT2D eigenvalue weighted by molar-refractivity contribution is 5.80. The smallest absolute Gasteiger partial charge is 0.414 e. The number of carboxylic acid groups (broad SMARTS) is 1. The Labute approximate surface area is 102 Å². The van der Waals surface area contributed by atoms with E-state index in [0.29, 0.717) is 5.52 Å². The molecule has 0 aliphatic heterocycles. The summed E-state index contributed by atoms with van der Waals surface area (Å²) >= 11 is 0. The second-order valence-electron chi connectivity index (χ2n) is 3.48. The Kier molecular flexibility index (Phi) is 3.38. The summed E-state index contributed by atoms with van der Waals surface area (Å²) in [5.41, 5.74) is 0.695. The first-order valence-electron chi connectivity index (χ1n) is 5.18. The molecule has 0 saturated heterocycles. The Morgan fingerprint density at radius 2 is 2.00 bits per heavy atom. The monoisotopic (exact) mass is 246 g/mol. The van der Waals surface area contributed by atoms with Crippen LogP contribution in [0.25, 0.3) is 10.9 Å². The van der Waals surface area contributed by atoms with Crippen molar-refractivity contribution >= 4 is 23.0 Å². The summed E-state index contributed by atoms with van der Waals surface area (Å²) in [6.07, 6.45) is -0.847. The van der Waals surface area contributed by atoms with E-state index in [1.54, 1.807) is 18.2 Å². The van der Waals surface area contributed by atoms with Crippen LogP contribution in [0, 0.1) is 0 Å². The fourth-order valence-electron chi connectivity index (χ4n) is 1.38. The second-order valence-corrected chi connectivity index (χ2v) is 3.48. The molecule has 2 N–H and O–H groups in total. The Balaban J connectivity index is 2.07. The lowest BCUT2D eigenvalue weighted by Crippen LogP contribution is -2.31. The zero-order chi connectivity index (χ0) is 13.0. The van der Waals surface area contributed by atoms with E-state index in [-0.39, 0.29) is 5.88 Å². The van der Waals surface area contributed by atoms with Gasteiger partial charge in [-0.1, -0.05) is 18.2 Å². The highest BCUT2D eigenvalue weighted by Crippen LogP contribution is 2.15. The molecule has 0 radical (unpaired) electrons. The van der Waals surface area contributed by atoms with Gasteiger partial charge in [0.15, 0.2) is 0 Å². The minimum absolute atomic E-state index is 0.122. The third-order valence-electron chi connectivity index (χ3n) is 2.15. The maximum Gasteiger partial charge on any atom is 0.414 e. The number of aliphatic carboxylic acids is 1. The Morgan fingerprint density at radius 3 is 2.78 bits per heavy atom. The molecule has 1 heterocycles. The molecule has 0 spiro atoms. The maximum atomic E-state index is 11.2. The van der Waals surface area contributed by atoms with Crippen molar-refractivity contribution < 1.29 is 19.4 Å². The van der Waals surface area contributed by atoms with Gasteiger partial charge in [0.2, 0.25) is 5.88 Å². The summed E-state index contributed by atoms with van der Waals surface area (Å²) in [6, 6.07) is 10.7. The Morgan fingerprint density at radius 1 is 1.22 bits per heavy atom. The van der Waals surface area contributed by atoms with Gasteiger partial charge in [0.05, 0.1) is 5.52 Å². The number of hydrogen-bond donors (Lipinski definition) is 2. The van der Waals surface area contributed by atoms with Crippen molar-refractivity contribution in [2.75, 3.05) is 6.54 Å². The summed E-state index contributed by atoms with van der Waals surface area (Å²) in [4.78, 5) is 25.6. The van der Waals surface area contributed by atoms with Crippen molar-refractivity contribution in [1.82, 2.24) is 10.3 Å². The number of amides is 1. The van der Waals surface area contributed by atoms with Crippen LogP contribution in [-0.4, -0.2) is 28.7 Å². The van der Waals surface area contributed by atoms with Crippen LogP contribution < -0.4 is 10.1 Å². The number of para-hydroxylation sites is 1. The van der Waals surface area contributed by atoms with Crippen LogP contribution >= 0.6 is 0 Å². The average Bonchev–Trinajstić information content (AvgIpc) is 2.36. The van der Waals surface area contributed by atoms with Crippen molar-refractivity contribution in [3.8, 4) is 5.88 Å². The number of benzene rings is 1. The summed E-state index contributed by atoms with van der Waals surface area (Å²) in [5.74, 6) is -1.02. The van der Waals surface area contributed by atoms with Crippen LogP contribution in [0.3, 0.4) is 0 Å². The van der Waals surface area contributed by atoms with Gasteiger partial charge < -0.3 is 15.2 Å². The Bertz CT molecular complexity index is 597. The molecule has 1 amide bonds. The molecule has 6 heteroatoms. The van der Waals surface area contributed by atoms with E-state index in [1.807, 2.05) is 18.2 Å². The van der Waals surface area contributed by atoms with Crippen molar-refractivity contribution in [3.05, 3.63) is 36.4 Å². The van der Waals surface area contributed by atoms with Crippen molar-refractivity contribution in [2.24, 2.45) is 0 Å². The molecule has 0 atom stereocenters. The number of fused-ring (bicyclic) bond motifs is 1. The van der Waals surface area contributed by atoms with Crippen molar-refractivity contribution in [1.29, 1.82) is 0 Å². The summed E-state index contributed by atoms with van der Waals surface area (Å²) < 4.78 is 4.85. The highest BCUT2D eigenvalue weighted by Gasteiger charge is 2.07. The highest BCUT2D eigenvalue weighted by atomic mass is 16.6. The number of carbonyl (C=O) groups excluding carboxylic acids is 1. The lowest BCUT2D eigenvalue weighted by Gasteiger charge is -2.04. The molecule has 0 unspecified atom stereocenters. The first-order chi connectivity index (χ1) is 8.65. The van der Waals surface area contributed by atoms with E-state index in [1.165, 1.54) is 0 Å². The van der Waals surface area contributed by atoms with E-state index in [4.69, 9.17) is 9.84 Å². The second kappa shape index (κ2) is 5.13. The van der Waals surface area contributed by atoms with E-state index >= 15 is 0 Å². The van der Waals surface area contributed by atoms with Crippen LogP contribution in [0.5, 0.6) is 5.88 Å². The van der Waals surface area contributed by atoms with E-state index < -0.39 is 18.6 Å². The standard InChI is InChI=1S/C12H10N2O4/c15-11(16)7-13-12(17)18-10-6-5-8-3-1-2-4-9(8)14-10/h1-6H,7H2,(H,13,17)(H,15,16). The largest absolute Gasteiger partial charge is 0.480 e. The maximum absolute atomic E-state index is 11.2. The van der Waals surface area contributed by atoms with Gasteiger partial charge in [0.1, 0.15) is 6.54 Å². The predicted molar refractivity (Wildman–Crippen MR) is 63.4 cm³/mol. The predicted octanol–water partition coefficient (Wildman–Crippen LogP) is 1.41. The Hall–Kier alpha value is -2.63. The van der Waals surface area contributed by atoms with Crippen molar-refractivity contribution in [2.45, 2.75) is 0 Å². The number of rotatable bonds is 3. The minimum atomic E-state index is -1.14. The first-order valence-corrected chi connectivity index (χ1v) is 5.18. The number of nitrogens with zero attached hydrogens (tertiary/aromatic N) is 1. The number of nitrogens with one attached hydrogen (secondary N) is 1. The summed E-state index contributed by atoms with van der Waals surface area (Å²) in [5, 5.41) is 11.4. The zero-order valence-corrected chi connectivity index (χ0v) is 9.29. The zero-order valence-electron chi connectivity index (χ0n) is 9.29. The molecule has 0 saturated carbocycles. The minimum Gasteiger partial charge on any atom is -0.480 e. The average molecular weight is 246 g/mol. The van der Waals surface area contributed by atoms with Gasteiger partial charge >= 0.3 is 12.1 Å². The third-order valence-corrected chi connectivity index (χ3v) is 2.15. The molecule has 6 nitrogen and oxygen atoms in total. The van der Waals surface area contributed by atoms with Crippen LogP contribution in [0.2, 0.25) is 0 Å². The van der Waals surface area contributed by atoms with Gasteiger partial charge in [-0.2, -0.15) is 0 Å². The van der Waals surface area contributed by atoms with Gasteiger partial charge in [-0.05, 0) is 12.1 Å².